The van der Waals surface area contributed by atoms with Crippen LogP contribution in [-0.4, -0.2) is 68.8 Å². The van der Waals surface area contributed by atoms with Crippen molar-refractivity contribution in [1.82, 2.24) is 30.8 Å². The predicted molar refractivity (Wildman–Crippen MR) is 211 cm³/mol. The fourth-order valence-electron chi connectivity index (χ4n) is 5.91. The van der Waals surface area contributed by atoms with Crippen LogP contribution in [0.4, 0.5) is 9.59 Å². The van der Waals surface area contributed by atoms with Crippen LogP contribution in [0.5, 0.6) is 0 Å². The van der Waals surface area contributed by atoms with Crippen molar-refractivity contribution >= 4 is 40.7 Å². The number of aliphatic hydroxyl groups excluding tert-OH is 1. The van der Waals surface area contributed by atoms with Gasteiger partial charge in [-0.3, -0.25) is 9.78 Å². The molecule has 0 saturated carbocycles. The minimum atomic E-state index is -1.05. The van der Waals surface area contributed by atoms with E-state index in [1.807, 2.05) is 93.7 Å². The van der Waals surface area contributed by atoms with Gasteiger partial charge in [0.15, 0.2) is 0 Å². The van der Waals surface area contributed by atoms with Crippen molar-refractivity contribution in [2.24, 2.45) is 11.8 Å². The molecule has 2 heterocycles. The molecule has 11 nitrogen and oxygen atoms in total. The molecular weight excluding hydrogens is 709 g/mol. The van der Waals surface area contributed by atoms with E-state index in [1.54, 1.807) is 27.9 Å². The number of aromatic nitrogens is 2. The van der Waals surface area contributed by atoms with Crippen LogP contribution in [0.25, 0.3) is 0 Å². The summed E-state index contributed by atoms with van der Waals surface area (Å²) in [6.45, 7) is 13.0. The Kier molecular flexibility index (Phi) is 16.2. The Hall–Kier alpha value is -4.33. The van der Waals surface area contributed by atoms with Gasteiger partial charge in [-0.2, -0.15) is 0 Å². The van der Waals surface area contributed by atoms with Gasteiger partial charge >= 0.3 is 12.1 Å². The first-order chi connectivity index (χ1) is 25.4. The molecule has 2 aromatic heterocycles. The van der Waals surface area contributed by atoms with Gasteiger partial charge in [-0.15, -0.1) is 22.7 Å². The largest absolute Gasteiger partial charge is 0.444 e. The van der Waals surface area contributed by atoms with Crippen LogP contribution >= 0.6 is 22.7 Å². The van der Waals surface area contributed by atoms with Crippen molar-refractivity contribution in [2.45, 2.75) is 104 Å². The Morgan fingerprint density at radius 3 is 2.09 bits per heavy atom. The van der Waals surface area contributed by atoms with Gasteiger partial charge in [0.25, 0.3) is 0 Å². The number of amides is 4. The number of rotatable bonds is 19. The Labute approximate surface area is 321 Å². The molecule has 0 aliphatic rings. The van der Waals surface area contributed by atoms with Crippen LogP contribution in [0.2, 0.25) is 0 Å². The third kappa shape index (κ3) is 13.9. The molecule has 4 amide bonds. The standard InChI is InChI=1S/C40H54N6O5S2/c1-26(2)21-46(22-32-24-52-38(43-32)28(5)6)39(49)45-36(27(3)4)37(48)42-31(17-29-13-9-7-10-14-29)19-35(47)34(18-30-15-11-8-12-16-30)44-40(50)51-23-33-20-41-25-53-33/h7-16,20,24-28,31,34-36,47H,17-19,21-23H2,1-6H3,(H,42,48)(H,44,50)(H,45,49)/t31-,34-,35-,36-/m0/s1. The lowest BCUT2D eigenvalue weighted by atomic mass is 9.93. The van der Waals surface area contributed by atoms with Crippen LogP contribution in [0.15, 0.2) is 77.8 Å². The minimum absolute atomic E-state index is 0.0665. The van der Waals surface area contributed by atoms with Crippen molar-refractivity contribution < 1.29 is 24.2 Å². The number of carbonyl (C=O) groups is 3. The second-order valence-corrected chi connectivity index (χ2v) is 16.3. The Morgan fingerprint density at radius 1 is 0.868 bits per heavy atom. The molecule has 0 radical (unpaired) electrons. The van der Waals surface area contributed by atoms with Crippen molar-refractivity contribution in [3.63, 3.8) is 0 Å². The molecule has 0 unspecified atom stereocenters. The topological polar surface area (TPSA) is 146 Å². The summed E-state index contributed by atoms with van der Waals surface area (Å²) < 4.78 is 5.45. The van der Waals surface area contributed by atoms with E-state index in [0.717, 1.165) is 26.7 Å². The molecule has 0 spiro atoms. The second-order valence-electron chi connectivity index (χ2n) is 14.5. The minimum Gasteiger partial charge on any atom is -0.444 e. The molecular formula is C40H54N6O5S2. The fourth-order valence-corrected chi connectivity index (χ4v) is 7.24. The van der Waals surface area contributed by atoms with E-state index >= 15 is 0 Å². The molecule has 0 bridgehead atoms. The van der Waals surface area contributed by atoms with Crippen LogP contribution < -0.4 is 16.0 Å². The number of aliphatic hydroxyl groups is 1. The normalized spacial score (nSPS) is 13.7. The predicted octanol–water partition coefficient (Wildman–Crippen LogP) is 6.93. The number of urea groups is 1. The molecule has 4 aromatic rings. The first kappa shape index (κ1) is 41.4. The highest BCUT2D eigenvalue weighted by Gasteiger charge is 2.31. The zero-order chi connectivity index (χ0) is 38.3. The lowest BCUT2D eigenvalue weighted by Crippen LogP contribution is -2.56. The maximum absolute atomic E-state index is 14.1. The first-order valence-corrected chi connectivity index (χ1v) is 20.0. The zero-order valence-corrected chi connectivity index (χ0v) is 33.2. The monoisotopic (exact) mass is 762 g/mol. The van der Waals surface area contributed by atoms with Gasteiger partial charge in [-0.05, 0) is 42.2 Å². The van der Waals surface area contributed by atoms with Gasteiger partial charge < -0.3 is 30.7 Å². The molecule has 2 aromatic carbocycles. The number of hydrogen-bond acceptors (Lipinski definition) is 9. The SMILES string of the molecule is CC(C)CN(Cc1csc(C(C)C)n1)C(=O)N[C@H](C(=O)N[C@@H](Cc1ccccc1)C[C@H](O)[C@H](Cc1ccccc1)NC(=O)OCc1cncs1)C(C)C. The smallest absolute Gasteiger partial charge is 0.407 e. The number of benzene rings is 2. The summed E-state index contributed by atoms with van der Waals surface area (Å²) in [5.41, 5.74) is 4.39. The fraction of sp³-hybridized carbons (Fsp3) is 0.475. The third-order valence-electron chi connectivity index (χ3n) is 8.61. The molecule has 13 heteroatoms. The number of nitrogens with zero attached hydrogens (tertiary/aromatic N) is 3. The lowest BCUT2D eigenvalue weighted by molar-refractivity contribution is -0.124. The summed E-state index contributed by atoms with van der Waals surface area (Å²) in [5, 5.41) is 23.8. The first-order valence-electron chi connectivity index (χ1n) is 18.2. The maximum Gasteiger partial charge on any atom is 0.407 e. The molecule has 4 rings (SSSR count). The molecule has 286 valence electrons. The van der Waals surface area contributed by atoms with Crippen molar-refractivity contribution in [3.8, 4) is 0 Å². The summed E-state index contributed by atoms with van der Waals surface area (Å²) in [6.07, 6.45) is 0.836. The molecule has 0 aliphatic carbocycles. The maximum atomic E-state index is 14.1. The summed E-state index contributed by atoms with van der Waals surface area (Å²) in [7, 11) is 0. The average molecular weight is 763 g/mol. The number of ether oxygens (including phenoxy) is 1. The lowest BCUT2D eigenvalue weighted by Gasteiger charge is -2.31. The number of thiazole rings is 2. The highest BCUT2D eigenvalue weighted by Crippen LogP contribution is 2.21. The summed E-state index contributed by atoms with van der Waals surface area (Å²) >= 11 is 2.97. The van der Waals surface area contributed by atoms with Gasteiger partial charge in [0.05, 0.1) is 39.8 Å². The molecule has 0 saturated heterocycles. The van der Waals surface area contributed by atoms with Crippen LogP contribution in [0.3, 0.4) is 0 Å². The van der Waals surface area contributed by atoms with Crippen molar-refractivity contribution in [1.29, 1.82) is 0 Å². The van der Waals surface area contributed by atoms with Crippen LogP contribution in [0.1, 0.15) is 80.6 Å². The Morgan fingerprint density at radius 2 is 1.53 bits per heavy atom. The quantitative estimate of drug-likeness (QED) is 0.0811. The van der Waals surface area contributed by atoms with E-state index in [4.69, 9.17) is 9.72 Å². The second kappa shape index (κ2) is 20.8. The molecule has 0 aliphatic heterocycles. The van der Waals surface area contributed by atoms with Crippen molar-refractivity contribution in [3.05, 3.63) is 104 Å². The third-order valence-corrected chi connectivity index (χ3v) is 10.6. The van der Waals surface area contributed by atoms with Gasteiger partial charge in [-0.25, -0.2) is 14.6 Å². The van der Waals surface area contributed by atoms with E-state index in [0.29, 0.717) is 31.8 Å². The Bertz CT molecular complexity index is 1680. The highest BCUT2D eigenvalue weighted by molar-refractivity contribution is 7.09. The molecule has 4 atom stereocenters. The summed E-state index contributed by atoms with van der Waals surface area (Å²) in [5.74, 6) is -0.0765. The average Bonchev–Trinajstić information content (AvgIpc) is 3.82. The van der Waals surface area contributed by atoms with E-state index in [2.05, 4.69) is 34.8 Å². The van der Waals surface area contributed by atoms with E-state index < -0.39 is 30.3 Å². The number of hydrogen-bond donors (Lipinski definition) is 4. The van der Waals surface area contributed by atoms with Gasteiger partial charge in [0, 0.05) is 30.1 Å². The Balaban J connectivity index is 1.50. The van der Waals surface area contributed by atoms with Crippen molar-refractivity contribution in [2.75, 3.05) is 6.54 Å². The van der Waals surface area contributed by atoms with E-state index in [9.17, 15) is 19.5 Å². The van der Waals surface area contributed by atoms with E-state index in [1.165, 1.54) is 11.3 Å². The zero-order valence-electron chi connectivity index (χ0n) is 31.5. The van der Waals surface area contributed by atoms with Crippen LogP contribution in [0, 0.1) is 11.8 Å². The summed E-state index contributed by atoms with van der Waals surface area (Å²) in [6, 6.07) is 16.9. The number of nitrogens with one attached hydrogen (secondary N) is 3. The molecule has 53 heavy (non-hydrogen) atoms. The van der Waals surface area contributed by atoms with Gasteiger partial charge in [-0.1, -0.05) is 102 Å². The van der Waals surface area contributed by atoms with Crippen LogP contribution in [-0.2, 0) is 35.5 Å². The van der Waals surface area contributed by atoms with Gasteiger partial charge in [0.2, 0.25) is 5.91 Å². The number of alkyl carbamates (subject to hydrolysis) is 1. The summed E-state index contributed by atoms with van der Waals surface area (Å²) in [4.78, 5) is 52.1. The molecule has 0 fully saturated rings. The van der Waals surface area contributed by atoms with Gasteiger partial charge in [0.1, 0.15) is 12.6 Å². The highest BCUT2D eigenvalue weighted by atomic mass is 32.1. The molecule has 4 N–H and O–H groups in total. The van der Waals surface area contributed by atoms with E-state index in [-0.39, 0.29) is 36.8 Å². The number of carbonyl (C=O) groups excluding carboxylic acids is 3.